The summed E-state index contributed by atoms with van der Waals surface area (Å²) in [5.41, 5.74) is 1.56. The number of benzene rings is 1. The van der Waals surface area contributed by atoms with Crippen molar-refractivity contribution in [2.75, 3.05) is 51.1 Å². The number of fused-ring (bicyclic) bond motifs is 1. The number of likely N-dealkylation sites (tertiary alicyclic amines) is 1. The standard InChI is InChI=1S/C28H36N6O4/c1-36-14-11-29-26-16-22-23(17-30-26)31-18-32-27(22)33-20-7-8-24(25(15-20)37-2)38-21-9-12-34(13-10-21)28(35)19-5-3-4-6-19/h7-8,15-19,21H,3-6,9-14H2,1-2H3,(H,29,30)(H,31,32,33). The molecule has 10 heteroatoms. The Morgan fingerprint density at radius 3 is 2.61 bits per heavy atom. The fourth-order valence-corrected chi connectivity index (χ4v) is 5.22. The van der Waals surface area contributed by atoms with Crippen molar-refractivity contribution in [3.63, 3.8) is 0 Å². The Morgan fingerprint density at radius 2 is 1.84 bits per heavy atom. The Labute approximate surface area is 223 Å². The van der Waals surface area contributed by atoms with E-state index in [-0.39, 0.29) is 12.0 Å². The van der Waals surface area contributed by atoms with Gasteiger partial charge in [-0.2, -0.15) is 0 Å². The third-order valence-electron chi connectivity index (χ3n) is 7.31. The van der Waals surface area contributed by atoms with E-state index in [1.807, 2.05) is 29.2 Å². The highest BCUT2D eigenvalue weighted by Crippen LogP contribution is 2.35. The highest BCUT2D eigenvalue weighted by atomic mass is 16.5. The summed E-state index contributed by atoms with van der Waals surface area (Å²) >= 11 is 0. The minimum Gasteiger partial charge on any atom is -0.493 e. The maximum Gasteiger partial charge on any atom is 0.225 e. The normalized spacial score (nSPS) is 16.5. The van der Waals surface area contributed by atoms with Crippen molar-refractivity contribution in [1.29, 1.82) is 0 Å². The van der Waals surface area contributed by atoms with Crippen molar-refractivity contribution in [2.45, 2.75) is 44.6 Å². The summed E-state index contributed by atoms with van der Waals surface area (Å²) in [6, 6.07) is 7.69. The maximum atomic E-state index is 12.7. The number of hydrogen-bond donors (Lipinski definition) is 2. The van der Waals surface area contributed by atoms with E-state index in [9.17, 15) is 4.79 Å². The number of methoxy groups -OCH3 is 2. The van der Waals surface area contributed by atoms with Crippen molar-refractivity contribution < 1.29 is 19.0 Å². The maximum absolute atomic E-state index is 12.7. The Hall–Kier alpha value is -3.66. The molecular weight excluding hydrogens is 484 g/mol. The lowest BCUT2D eigenvalue weighted by Gasteiger charge is -2.34. The quantitative estimate of drug-likeness (QED) is 0.376. The SMILES string of the molecule is COCCNc1cc2c(Nc3ccc(OC4CCN(C(=O)C5CCCC5)CC4)c(OC)c3)ncnc2cn1. The minimum absolute atomic E-state index is 0.0534. The van der Waals surface area contributed by atoms with Gasteiger partial charge in [0.25, 0.3) is 0 Å². The molecular formula is C28H36N6O4. The van der Waals surface area contributed by atoms with Gasteiger partial charge in [0.1, 0.15) is 24.1 Å². The first-order valence-electron chi connectivity index (χ1n) is 13.4. The van der Waals surface area contributed by atoms with Gasteiger partial charge in [-0.15, -0.1) is 0 Å². The molecule has 3 aromatic rings. The topological polar surface area (TPSA) is 111 Å². The van der Waals surface area contributed by atoms with Crippen LogP contribution in [0.4, 0.5) is 17.3 Å². The first kappa shape index (κ1) is 26.0. The summed E-state index contributed by atoms with van der Waals surface area (Å²) in [7, 11) is 3.30. The summed E-state index contributed by atoms with van der Waals surface area (Å²) < 4.78 is 17.1. The Kier molecular flexibility index (Phi) is 8.37. The number of carbonyl (C=O) groups is 1. The molecule has 3 heterocycles. The predicted molar refractivity (Wildman–Crippen MR) is 146 cm³/mol. The number of piperidine rings is 1. The lowest BCUT2D eigenvalue weighted by atomic mass is 10.0. The van der Waals surface area contributed by atoms with Crippen LogP contribution in [0.15, 0.2) is 36.8 Å². The van der Waals surface area contributed by atoms with Crippen molar-refractivity contribution in [3.8, 4) is 11.5 Å². The molecule has 1 aromatic carbocycles. The predicted octanol–water partition coefficient (Wildman–Crippen LogP) is 4.40. The van der Waals surface area contributed by atoms with Crippen LogP contribution in [-0.2, 0) is 9.53 Å². The highest BCUT2D eigenvalue weighted by Gasteiger charge is 2.30. The molecule has 2 fully saturated rings. The van der Waals surface area contributed by atoms with Gasteiger partial charge in [-0.05, 0) is 31.0 Å². The molecule has 0 radical (unpaired) electrons. The molecule has 202 valence electrons. The lowest BCUT2D eigenvalue weighted by Crippen LogP contribution is -2.44. The molecule has 1 aliphatic heterocycles. The number of nitrogens with zero attached hydrogens (tertiary/aromatic N) is 4. The van der Waals surface area contributed by atoms with E-state index < -0.39 is 0 Å². The van der Waals surface area contributed by atoms with E-state index in [1.54, 1.807) is 20.4 Å². The molecule has 38 heavy (non-hydrogen) atoms. The summed E-state index contributed by atoms with van der Waals surface area (Å²) in [5.74, 6) is 3.29. The molecule has 5 rings (SSSR count). The van der Waals surface area contributed by atoms with Gasteiger partial charge in [0.05, 0.1) is 25.4 Å². The van der Waals surface area contributed by atoms with Gasteiger partial charge < -0.3 is 29.7 Å². The first-order chi connectivity index (χ1) is 18.6. The van der Waals surface area contributed by atoms with Crippen LogP contribution in [-0.4, -0.2) is 72.3 Å². The van der Waals surface area contributed by atoms with Crippen LogP contribution in [0.3, 0.4) is 0 Å². The van der Waals surface area contributed by atoms with Gasteiger partial charge in [0.2, 0.25) is 5.91 Å². The van der Waals surface area contributed by atoms with Crippen LogP contribution in [0.5, 0.6) is 11.5 Å². The minimum atomic E-state index is 0.0534. The molecule has 0 unspecified atom stereocenters. The van der Waals surface area contributed by atoms with Gasteiger partial charge in [-0.1, -0.05) is 12.8 Å². The van der Waals surface area contributed by atoms with Gasteiger partial charge in [-0.3, -0.25) is 4.79 Å². The third-order valence-corrected chi connectivity index (χ3v) is 7.31. The monoisotopic (exact) mass is 520 g/mol. The molecule has 0 atom stereocenters. The highest BCUT2D eigenvalue weighted by molar-refractivity contribution is 5.91. The fraction of sp³-hybridized carbons (Fsp3) is 0.500. The zero-order valence-electron chi connectivity index (χ0n) is 22.1. The van der Waals surface area contributed by atoms with Gasteiger partial charge in [-0.25, -0.2) is 15.0 Å². The van der Waals surface area contributed by atoms with Gasteiger partial charge in [0, 0.05) is 62.6 Å². The second-order valence-electron chi connectivity index (χ2n) is 9.84. The average Bonchev–Trinajstić information content (AvgIpc) is 3.49. The second-order valence-corrected chi connectivity index (χ2v) is 9.84. The molecule has 2 N–H and O–H groups in total. The number of rotatable bonds is 10. The number of amides is 1. The summed E-state index contributed by atoms with van der Waals surface area (Å²) in [4.78, 5) is 28.0. The molecule has 2 aromatic heterocycles. The van der Waals surface area contributed by atoms with E-state index in [0.717, 1.165) is 61.2 Å². The summed E-state index contributed by atoms with van der Waals surface area (Å²) in [6.07, 6.45) is 9.38. The second kappa shape index (κ2) is 12.3. The van der Waals surface area contributed by atoms with E-state index in [0.29, 0.717) is 36.4 Å². The third kappa shape index (κ3) is 6.07. The molecule has 1 saturated carbocycles. The van der Waals surface area contributed by atoms with E-state index in [2.05, 4.69) is 25.6 Å². The fourth-order valence-electron chi connectivity index (χ4n) is 5.22. The van der Waals surface area contributed by atoms with Crippen LogP contribution in [0.25, 0.3) is 10.9 Å². The number of pyridine rings is 1. The molecule has 1 saturated heterocycles. The zero-order valence-corrected chi connectivity index (χ0v) is 22.1. The number of hydrogen-bond acceptors (Lipinski definition) is 9. The summed E-state index contributed by atoms with van der Waals surface area (Å²) in [6.45, 7) is 2.74. The van der Waals surface area contributed by atoms with E-state index >= 15 is 0 Å². The number of aromatic nitrogens is 3. The Morgan fingerprint density at radius 1 is 1.03 bits per heavy atom. The zero-order chi connectivity index (χ0) is 26.3. The molecule has 2 aliphatic rings. The molecule has 1 aliphatic carbocycles. The largest absolute Gasteiger partial charge is 0.493 e. The molecule has 1 amide bonds. The van der Waals surface area contributed by atoms with Crippen LogP contribution in [0.1, 0.15) is 38.5 Å². The number of carbonyl (C=O) groups excluding carboxylic acids is 1. The molecule has 0 bridgehead atoms. The molecule has 0 spiro atoms. The van der Waals surface area contributed by atoms with E-state index in [4.69, 9.17) is 14.2 Å². The first-order valence-corrected chi connectivity index (χ1v) is 13.4. The molecule has 10 nitrogen and oxygen atoms in total. The van der Waals surface area contributed by atoms with Crippen molar-refractivity contribution in [2.24, 2.45) is 5.92 Å². The van der Waals surface area contributed by atoms with Crippen LogP contribution in [0, 0.1) is 5.92 Å². The smallest absolute Gasteiger partial charge is 0.225 e. The summed E-state index contributed by atoms with van der Waals surface area (Å²) in [5, 5.41) is 7.47. The number of nitrogens with one attached hydrogen (secondary N) is 2. The Bertz CT molecular complexity index is 1240. The number of ether oxygens (including phenoxy) is 3. The van der Waals surface area contributed by atoms with Crippen molar-refractivity contribution in [3.05, 3.63) is 36.8 Å². The lowest BCUT2D eigenvalue weighted by molar-refractivity contribution is -0.137. The van der Waals surface area contributed by atoms with Crippen molar-refractivity contribution in [1.82, 2.24) is 19.9 Å². The van der Waals surface area contributed by atoms with Crippen LogP contribution < -0.4 is 20.1 Å². The van der Waals surface area contributed by atoms with Crippen LogP contribution >= 0.6 is 0 Å². The average molecular weight is 521 g/mol. The number of anilines is 3. The van der Waals surface area contributed by atoms with Gasteiger partial charge >= 0.3 is 0 Å². The Balaban J connectivity index is 1.23. The van der Waals surface area contributed by atoms with Crippen molar-refractivity contribution >= 4 is 34.1 Å². The van der Waals surface area contributed by atoms with Crippen LogP contribution in [0.2, 0.25) is 0 Å². The van der Waals surface area contributed by atoms with Gasteiger partial charge in [0.15, 0.2) is 11.5 Å². The van der Waals surface area contributed by atoms with E-state index in [1.165, 1.54) is 19.2 Å².